The molecule has 1 aliphatic heterocycles. The second kappa shape index (κ2) is 4.61. The minimum atomic E-state index is 0.641. The minimum absolute atomic E-state index is 0.641. The molecule has 0 atom stereocenters. The second-order valence-corrected chi connectivity index (χ2v) is 3.27. The molecule has 0 fully saturated rings. The van der Waals surface area contributed by atoms with Crippen LogP contribution in [0.1, 0.15) is 5.56 Å². The Hall–Kier alpha value is -2.11. The van der Waals surface area contributed by atoms with E-state index in [0.29, 0.717) is 5.82 Å². The van der Waals surface area contributed by atoms with Gasteiger partial charge in [0.2, 0.25) is 6.34 Å². The highest BCUT2D eigenvalue weighted by Gasteiger charge is 2.21. The number of anilines is 1. The van der Waals surface area contributed by atoms with E-state index >= 15 is 0 Å². The number of fused-ring (bicyclic) bond motifs is 1. The number of pyridine rings is 1. The molecule has 0 aliphatic carbocycles. The van der Waals surface area contributed by atoms with Gasteiger partial charge in [-0.2, -0.15) is 0 Å². The van der Waals surface area contributed by atoms with Crippen molar-refractivity contribution in [3.8, 4) is 5.75 Å². The summed E-state index contributed by atoms with van der Waals surface area (Å²) in [5, 5.41) is 3.24. The minimum Gasteiger partial charge on any atom is -0.495 e. The molecule has 1 aromatic rings. The first-order valence-electron chi connectivity index (χ1n) is 4.98. The quantitative estimate of drug-likeness (QED) is 0.440. The molecule has 4 N–H and O–H groups in total. The van der Waals surface area contributed by atoms with Gasteiger partial charge in [-0.05, 0) is 6.42 Å². The molecule has 1 aliphatic rings. The predicted molar refractivity (Wildman–Crippen MR) is 62.3 cm³/mol. The number of methoxy groups -OCH3 is 1. The lowest BCUT2D eigenvalue weighted by molar-refractivity contribution is -0.298. The van der Waals surface area contributed by atoms with Gasteiger partial charge < -0.3 is 15.8 Å². The molecule has 2 rings (SSSR count). The zero-order valence-electron chi connectivity index (χ0n) is 9.03. The number of nitrogens with one attached hydrogen (secondary N) is 2. The van der Waals surface area contributed by atoms with E-state index in [1.807, 2.05) is 0 Å². The number of nitrogens with two attached hydrogens (primary N) is 1. The average Bonchev–Trinajstić information content (AvgIpc) is 2.79. The zero-order chi connectivity index (χ0) is 11.4. The number of aliphatic imine (C=N–C) groups is 1. The monoisotopic (exact) mass is 220 g/mol. The molecule has 0 unspecified atom stereocenters. The molecular weight excluding hydrogens is 206 g/mol. The largest absolute Gasteiger partial charge is 0.495 e. The van der Waals surface area contributed by atoms with Gasteiger partial charge in [0.15, 0.2) is 6.34 Å². The highest BCUT2D eigenvalue weighted by molar-refractivity contribution is 5.74. The van der Waals surface area contributed by atoms with Gasteiger partial charge in [-0.3, -0.25) is 4.99 Å². The summed E-state index contributed by atoms with van der Waals surface area (Å²) in [6.45, 7) is 0.885. The third-order valence-corrected chi connectivity index (χ3v) is 2.38. The van der Waals surface area contributed by atoms with Crippen LogP contribution in [0, 0.1) is 0 Å². The lowest BCUT2D eigenvalue weighted by atomic mass is 10.2. The van der Waals surface area contributed by atoms with Gasteiger partial charge in [0.1, 0.15) is 11.4 Å². The Labute approximate surface area is 93.3 Å². The highest BCUT2D eigenvalue weighted by atomic mass is 16.5. The molecule has 0 radical (unpaired) electrons. The molecule has 0 saturated carbocycles. The van der Waals surface area contributed by atoms with Crippen molar-refractivity contribution in [2.24, 2.45) is 10.7 Å². The summed E-state index contributed by atoms with van der Waals surface area (Å²) in [5.41, 5.74) is 7.23. The van der Waals surface area contributed by atoms with Crippen molar-refractivity contribution in [2.75, 3.05) is 19.0 Å². The van der Waals surface area contributed by atoms with Crippen LogP contribution >= 0.6 is 0 Å². The summed E-state index contributed by atoms with van der Waals surface area (Å²) in [6.07, 6.45) is 5.42. The van der Waals surface area contributed by atoms with Crippen LogP contribution in [0.4, 0.5) is 11.5 Å². The van der Waals surface area contributed by atoms with E-state index < -0.39 is 0 Å². The molecule has 16 heavy (non-hydrogen) atoms. The fourth-order valence-corrected chi connectivity index (χ4v) is 1.68. The topological polar surface area (TPSA) is 86.5 Å². The average molecular weight is 220 g/mol. The van der Waals surface area contributed by atoms with E-state index in [0.717, 1.165) is 30.0 Å². The molecule has 0 spiro atoms. The maximum Gasteiger partial charge on any atom is 0.252 e. The zero-order valence-corrected chi connectivity index (χ0v) is 9.03. The van der Waals surface area contributed by atoms with Crippen LogP contribution in [0.2, 0.25) is 0 Å². The van der Waals surface area contributed by atoms with Crippen LogP contribution in [-0.4, -0.2) is 31.3 Å². The highest BCUT2D eigenvalue weighted by Crippen LogP contribution is 2.36. The fourth-order valence-electron chi connectivity index (χ4n) is 1.68. The number of hydrogen-bond acceptors (Lipinski definition) is 4. The van der Waals surface area contributed by atoms with E-state index in [-0.39, 0.29) is 0 Å². The Morgan fingerprint density at radius 3 is 3.31 bits per heavy atom. The van der Waals surface area contributed by atoms with Crippen molar-refractivity contribution < 1.29 is 9.73 Å². The molecule has 1 aromatic heterocycles. The predicted octanol–water partition coefficient (Wildman–Crippen LogP) is -1.21. The molecule has 84 valence electrons. The Bertz CT molecular complexity index is 441. The molecule has 0 aromatic carbocycles. The van der Waals surface area contributed by atoms with Gasteiger partial charge in [-0.1, -0.05) is 4.99 Å². The lowest BCUT2D eigenvalue weighted by Crippen LogP contribution is -2.68. The molecule has 0 bridgehead atoms. The summed E-state index contributed by atoms with van der Waals surface area (Å²) in [7, 11) is 1.64. The van der Waals surface area contributed by atoms with Crippen LogP contribution in [0.25, 0.3) is 0 Å². The molecule has 0 saturated heterocycles. The summed E-state index contributed by atoms with van der Waals surface area (Å²) >= 11 is 0. The van der Waals surface area contributed by atoms with Gasteiger partial charge in [0, 0.05) is 12.1 Å². The Kier molecular flexibility index (Phi) is 3.00. The molecule has 6 nitrogen and oxygen atoms in total. The van der Waals surface area contributed by atoms with Crippen molar-refractivity contribution in [3.05, 3.63) is 11.8 Å². The third-order valence-electron chi connectivity index (χ3n) is 2.38. The summed E-state index contributed by atoms with van der Waals surface area (Å²) in [5.74, 6) is 1.44. The second-order valence-electron chi connectivity index (χ2n) is 3.27. The number of hydrogen-bond donors (Lipinski definition) is 3. The molecule has 2 heterocycles. The summed E-state index contributed by atoms with van der Waals surface area (Å²) in [4.78, 5) is 11.1. The standard InChI is InChI=1S/C10H13N5O/c1-16-8-4-14-10(15-6-12-5-11)9-7(8)2-3-13-9/h4-6,13H,2-3H2,1H3,(H2,11,12,14,15)/p+1. The Morgan fingerprint density at radius 1 is 1.69 bits per heavy atom. The van der Waals surface area contributed by atoms with Gasteiger partial charge in [0.05, 0.1) is 13.3 Å². The van der Waals surface area contributed by atoms with Crippen molar-refractivity contribution in [1.29, 1.82) is 0 Å². The van der Waals surface area contributed by atoms with Crippen LogP contribution in [0.3, 0.4) is 0 Å². The SMILES string of the molecule is COc1cnc(N=C[NH+]=CN)c2c1CCN2. The number of ether oxygens (including phenoxy) is 1. The van der Waals surface area contributed by atoms with Crippen LogP contribution in [0.15, 0.2) is 11.2 Å². The Balaban J connectivity index is 2.38. The summed E-state index contributed by atoms with van der Waals surface area (Å²) < 4.78 is 5.24. The van der Waals surface area contributed by atoms with Crippen LogP contribution < -0.4 is 20.8 Å². The smallest absolute Gasteiger partial charge is 0.252 e. The number of nitrogens with zero attached hydrogens (tertiary/aromatic N) is 2. The van der Waals surface area contributed by atoms with E-state index in [2.05, 4.69) is 20.3 Å². The third kappa shape index (κ3) is 1.81. The van der Waals surface area contributed by atoms with Crippen LogP contribution in [0.5, 0.6) is 5.75 Å². The first kappa shape index (κ1) is 10.4. The normalized spacial score (nSPS) is 14.3. The lowest BCUT2D eigenvalue weighted by Gasteiger charge is -2.05. The van der Waals surface area contributed by atoms with Gasteiger partial charge in [-0.15, -0.1) is 0 Å². The number of aromatic nitrogens is 1. The maximum absolute atomic E-state index is 5.24. The fraction of sp³-hybridized carbons (Fsp3) is 0.300. The van der Waals surface area contributed by atoms with Gasteiger partial charge >= 0.3 is 0 Å². The summed E-state index contributed by atoms with van der Waals surface area (Å²) in [6, 6.07) is 0. The van der Waals surface area contributed by atoms with Crippen molar-refractivity contribution >= 4 is 24.2 Å². The first-order valence-corrected chi connectivity index (χ1v) is 4.98. The number of rotatable bonds is 3. The van der Waals surface area contributed by atoms with Gasteiger partial charge in [-0.25, -0.2) is 4.98 Å². The van der Waals surface area contributed by atoms with Gasteiger partial charge in [0.25, 0.3) is 5.82 Å². The molecule has 0 amide bonds. The van der Waals surface area contributed by atoms with E-state index in [1.54, 1.807) is 13.3 Å². The first-order chi connectivity index (χ1) is 7.86. The van der Waals surface area contributed by atoms with Crippen molar-refractivity contribution in [1.82, 2.24) is 4.98 Å². The van der Waals surface area contributed by atoms with E-state index in [9.17, 15) is 0 Å². The van der Waals surface area contributed by atoms with E-state index in [1.165, 1.54) is 12.7 Å². The van der Waals surface area contributed by atoms with Crippen LogP contribution in [-0.2, 0) is 6.42 Å². The van der Waals surface area contributed by atoms with E-state index in [4.69, 9.17) is 10.5 Å². The Morgan fingerprint density at radius 2 is 2.56 bits per heavy atom. The molecular formula is C10H14N5O+. The van der Waals surface area contributed by atoms with Crippen molar-refractivity contribution in [2.45, 2.75) is 6.42 Å². The maximum atomic E-state index is 5.24. The molecule has 6 heteroatoms. The van der Waals surface area contributed by atoms with Crippen molar-refractivity contribution in [3.63, 3.8) is 0 Å².